The summed E-state index contributed by atoms with van der Waals surface area (Å²) in [5.41, 5.74) is 0. The molecule has 0 saturated heterocycles. The van der Waals surface area contributed by atoms with Gasteiger partial charge in [0.05, 0.1) is 33.9 Å². The van der Waals surface area contributed by atoms with Crippen molar-refractivity contribution >= 4 is 19.8 Å². The largest absolute Gasteiger partial charge is 0.756 e. The maximum absolute atomic E-state index is 12.7. The number of quaternary nitrogens is 1. The third kappa shape index (κ3) is 46.2. The minimum Gasteiger partial charge on any atom is -0.756 e. The number of carbonyl (C=O) groups is 2. The molecule has 0 fully saturated rings. The average Bonchev–Trinajstić information content (AvgIpc) is 3.23. The molecule has 0 heterocycles. The van der Waals surface area contributed by atoms with Crippen LogP contribution in [0.15, 0.2) is 122 Å². The van der Waals surface area contributed by atoms with E-state index in [0.29, 0.717) is 36.7 Å². The molecule has 1 N–H and O–H groups in total. The van der Waals surface area contributed by atoms with Gasteiger partial charge in [-0.05, 0) is 89.9 Å². The number of aliphatic hydroxyl groups excluding tert-OH is 1. The van der Waals surface area contributed by atoms with Crippen molar-refractivity contribution in [3.8, 4) is 0 Å². The molecule has 0 aromatic heterocycles. The summed E-state index contributed by atoms with van der Waals surface area (Å²) < 4.78 is 33.8. The number of phosphoric acid groups is 1. The van der Waals surface area contributed by atoms with Crippen molar-refractivity contribution in [2.24, 2.45) is 0 Å². The first-order valence-corrected chi connectivity index (χ1v) is 24.8. The lowest BCUT2D eigenvalue weighted by molar-refractivity contribution is -0.870. The number of nitrogens with zero attached hydrogens (tertiary/aromatic N) is 1. The number of carbonyl (C=O) groups excluding carboxylic acids is 2. The first kappa shape index (κ1) is 59.4. The van der Waals surface area contributed by atoms with Gasteiger partial charge in [-0.1, -0.05) is 155 Å². The maximum Gasteiger partial charge on any atom is 0.306 e. The molecule has 0 amide bonds. The van der Waals surface area contributed by atoms with Crippen molar-refractivity contribution in [1.29, 1.82) is 0 Å². The first-order valence-electron chi connectivity index (χ1n) is 23.4. The van der Waals surface area contributed by atoms with E-state index in [1.165, 1.54) is 25.7 Å². The number of ether oxygens (including phenoxy) is 2. The second kappa shape index (κ2) is 42.3. The van der Waals surface area contributed by atoms with Crippen LogP contribution in [-0.2, 0) is 32.7 Å². The zero-order valence-corrected chi connectivity index (χ0v) is 40.5. The summed E-state index contributed by atoms with van der Waals surface area (Å²) in [5, 5.41) is 10.0. The Morgan fingerprint density at radius 1 is 0.603 bits per heavy atom. The highest BCUT2D eigenvalue weighted by atomic mass is 31.2. The quantitative estimate of drug-likeness (QED) is 0.0159. The number of hydrogen-bond acceptors (Lipinski definition) is 9. The van der Waals surface area contributed by atoms with Crippen LogP contribution in [0.1, 0.15) is 136 Å². The third-order valence-corrected chi connectivity index (χ3v) is 10.0. The summed E-state index contributed by atoms with van der Waals surface area (Å²) in [6, 6.07) is 0. The predicted octanol–water partition coefficient (Wildman–Crippen LogP) is 12.0. The molecule has 63 heavy (non-hydrogen) atoms. The van der Waals surface area contributed by atoms with Gasteiger partial charge in [-0.25, -0.2) is 0 Å². The Labute approximate surface area is 382 Å². The SMILES string of the molecule is CC/C=C\C/C=C\CC(O)/C=C/C=C\C/C=C\C/C=C\CCC(=O)OC[C@H](COP(=O)([O-])OCC[N+](C)(C)C)OC(=O)CCCCC/C=C\C/C=C\C/C=C\C/C=C\CCCCC. The normalized spacial score (nSPS) is 15.1. The van der Waals surface area contributed by atoms with Crippen LogP contribution >= 0.6 is 7.82 Å². The molecule has 0 rings (SSSR count). The lowest BCUT2D eigenvalue weighted by Crippen LogP contribution is -2.37. The van der Waals surface area contributed by atoms with Gasteiger partial charge in [0.2, 0.25) is 0 Å². The Hall–Kier alpha value is -3.63. The van der Waals surface area contributed by atoms with E-state index in [1.807, 2.05) is 69.8 Å². The molecule has 11 heteroatoms. The van der Waals surface area contributed by atoms with Gasteiger partial charge in [0, 0.05) is 12.8 Å². The molecule has 2 unspecified atom stereocenters. The van der Waals surface area contributed by atoms with Gasteiger partial charge in [-0.15, -0.1) is 0 Å². The fourth-order valence-electron chi connectivity index (χ4n) is 5.39. The summed E-state index contributed by atoms with van der Waals surface area (Å²) >= 11 is 0. The van der Waals surface area contributed by atoms with Crippen molar-refractivity contribution < 1.29 is 47.2 Å². The van der Waals surface area contributed by atoms with Gasteiger partial charge in [-0.3, -0.25) is 14.2 Å². The van der Waals surface area contributed by atoms with Crippen LogP contribution in [0.4, 0.5) is 0 Å². The van der Waals surface area contributed by atoms with Crippen LogP contribution in [0.3, 0.4) is 0 Å². The van der Waals surface area contributed by atoms with E-state index < -0.39 is 38.6 Å². The van der Waals surface area contributed by atoms with Gasteiger partial charge < -0.3 is 33.0 Å². The van der Waals surface area contributed by atoms with E-state index >= 15 is 0 Å². The van der Waals surface area contributed by atoms with E-state index in [4.69, 9.17) is 18.5 Å². The number of unbranched alkanes of at least 4 members (excludes halogenated alkanes) is 6. The summed E-state index contributed by atoms with van der Waals surface area (Å²) in [5.74, 6) is -1.01. The molecule has 0 radical (unpaired) electrons. The monoisotopic (exact) mass is 898 g/mol. The molecule has 0 saturated carbocycles. The fraction of sp³-hybridized carbons (Fsp3) is 0.577. The van der Waals surface area contributed by atoms with Crippen LogP contribution in [0.5, 0.6) is 0 Å². The molecule has 0 bridgehead atoms. The number of allylic oxidation sites excluding steroid dienone is 18. The molecular weight excluding hydrogens is 814 g/mol. The van der Waals surface area contributed by atoms with E-state index in [2.05, 4.69) is 80.7 Å². The van der Waals surface area contributed by atoms with Gasteiger partial charge in [-0.2, -0.15) is 0 Å². The van der Waals surface area contributed by atoms with Gasteiger partial charge in [0.15, 0.2) is 6.10 Å². The minimum absolute atomic E-state index is 0.0646. The highest BCUT2D eigenvalue weighted by Crippen LogP contribution is 2.38. The van der Waals surface area contributed by atoms with E-state index in [-0.39, 0.29) is 26.1 Å². The fourth-order valence-corrected chi connectivity index (χ4v) is 6.12. The number of hydrogen-bond donors (Lipinski definition) is 1. The van der Waals surface area contributed by atoms with Crippen LogP contribution in [0, 0.1) is 0 Å². The smallest absolute Gasteiger partial charge is 0.306 e. The van der Waals surface area contributed by atoms with Crippen LogP contribution in [0.25, 0.3) is 0 Å². The summed E-state index contributed by atoms with van der Waals surface area (Å²) in [6.07, 6.45) is 55.5. The molecule has 3 atom stereocenters. The number of aliphatic hydroxyl groups is 1. The van der Waals surface area contributed by atoms with Crippen molar-refractivity contribution in [3.63, 3.8) is 0 Å². The van der Waals surface area contributed by atoms with Crippen LogP contribution < -0.4 is 4.89 Å². The molecule has 0 aromatic carbocycles. The topological polar surface area (TPSA) is 131 Å². The second-order valence-corrected chi connectivity index (χ2v) is 17.6. The number of phosphoric ester groups is 1. The molecule has 356 valence electrons. The summed E-state index contributed by atoms with van der Waals surface area (Å²) in [7, 11) is 1.05. The second-order valence-electron chi connectivity index (χ2n) is 16.2. The molecule has 0 aliphatic carbocycles. The number of esters is 2. The van der Waals surface area contributed by atoms with E-state index in [9.17, 15) is 24.2 Å². The van der Waals surface area contributed by atoms with Crippen molar-refractivity contribution in [1.82, 2.24) is 0 Å². The van der Waals surface area contributed by atoms with Gasteiger partial charge in [0.25, 0.3) is 7.82 Å². The Balaban J connectivity index is 4.59. The number of likely N-dealkylation sites (N-methyl/N-ethyl adjacent to an activating group) is 1. The van der Waals surface area contributed by atoms with Gasteiger partial charge >= 0.3 is 11.9 Å². The highest BCUT2D eigenvalue weighted by Gasteiger charge is 2.21. The summed E-state index contributed by atoms with van der Waals surface area (Å²) in [6.45, 7) is 3.84. The van der Waals surface area contributed by atoms with Crippen LogP contribution in [0.2, 0.25) is 0 Å². The molecule has 0 aliphatic heterocycles. The van der Waals surface area contributed by atoms with Crippen molar-refractivity contribution in [3.05, 3.63) is 122 Å². The highest BCUT2D eigenvalue weighted by molar-refractivity contribution is 7.45. The molecule has 0 spiro atoms. The van der Waals surface area contributed by atoms with E-state index in [1.54, 1.807) is 6.08 Å². The lowest BCUT2D eigenvalue weighted by Gasteiger charge is -2.28. The maximum atomic E-state index is 12.7. The van der Waals surface area contributed by atoms with Crippen molar-refractivity contribution in [2.75, 3.05) is 47.5 Å². The Bertz CT molecular complexity index is 1500. The lowest BCUT2D eigenvalue weighted by atomic mass is 10.1. The Morgan fingerprint density at radius 2 is 1.14 bits per heavy atom. The standard InChI is InChI=1S/C52H84NO9P/c1-6-8-10-12-14-15-16-17-18-19-20-21-22-23-24-29-32-36-40-44-52(56)62-50(48-61-63(57,58)60-46-45-53(3,4)5)47-59-51(55)43-39-35-31-28-26-25-27-30-34-38-42-49(54)41-37-33-13-11-9-7-2/h9,11,14-15,17-18,20-21,23-26,30-31,33-35,37-38,42,49-50,54H,6-8,10,12-13,16,19,22,27-29,32,36,39-41,43-48H2,1-5H3/b11-9-,15-14-,18-17-,21-20-,24-23-,26-25-,34-30-,35-31-,37-33-,42-38+/t49?,50-/m1/s1. The first-order chi connectivity index (χ1) is 30.4. The van der Waals surface area contributed by atoms with Crippen molar-refractivity contribution in [2.45, 2.75) is 148 Å². The Kier molecular flexibility index (Phi) is 39.9. The Morgan fingerprint density at radius 3 is 1.73 bits per heavy atom. The molecule has 10 nitrogen and oxygen atoms in total. The van der Waals surface area contributed by atoms with Crippen LogP contribution in [-0.4, -0.2) is 81.2 Å². The van der Waals surface area contributed by atoms with E-state index in [0.717, 1.165) is 57.8 Å². The number of rotatable bonds is 40. The average molecular weight is 898 g/mol. The minimum atomic E-state index is -4.67. The molecule has 0 aromatic rings. The molecule has 0 aliphatic rings. The predicted molar refractivity (Wildman–Crippen MR) is 260 cm³/mol. The third-order valence-electron chi connectivity index (χ3n) is 9.06. The van der Waals surface area contributed by atoms with Gasteiger partial charge in [0.1, 0.15) is 19.8 Å². The zero-order chi connectivity index (χ0) is 46.5. The zero-order valence-electron chi connectivity index (χ0n) is 39.6. The molecular formula is C52H84NO9P. The summed E-state index contributed by atoms with van der Waals surface area (Å²) in [4.78, 5) is 37.6.